The first kappa shape index (κ1) is 21.0. The van der Waals surface area contributed by atoms with E-state index in [9.17, 15) is 5.11 Å². The Hall–Kier alpha value is -3.24. The SMILES string of the molecule is Cc1ccc(Nc2nc(NN=Cc3ccccc3O)nc(N3CCOCC3)n2)c(Br)c1. The molecule has 0 aliphatic carbocycles. The average molecular weight is 484 g/mol. The van der Waals surface area contributed by atoms with E-state index >= 15 is 0 Å². The summed E-state index contributed by atoms with van der Waals surface area (Å²) in [7, 11) is 0. The molecule has 4 rings (SSSR count). The number of halogens is 1. The molecule has 1 aliphatic heterocycles. The van der Waals surface area contributed by atoms with Crippen LogP contribution in [0.3, 0.4) is 0 Å². The van der Waals surface area contributed by atoms with Crippen molar-refractivity contribution in [2.24, 2.45) is 5.10 Å². The van der Waals surface area contributed by atoms with Gasteiger partial charge in [-0.25, -0.2) is 5.43 Å². The number of ether oxygens (including phenoxy) is 1. The van der Waals surface area contributed by atoms with E-state index in [1.165, 1.54) is 6.21 Å². The van der Waals surface area contributed by atoms with Gasteiger partial charge in [-0.05, 0) is 52.7 Å². The van der Waals surface area contributed by atoms with Gasteiger partial charge in [-0.3, -0.25) is 0 Å². The Morgan fingerprint density at radius 1 is 1.10 bits per heavy atom. The zero-order valence-electron chi connectivity index (χ0n) is 16.9. The summed E-state index contributed by atoms with van der Waals surface area (Å²) in [6.07, 6.45) is 1.51. The fourth-order valence-electron chi connectivity index (χ4n) is 2.97. The number of aromatic nitrogens is 3. The van der Waals surface area contributed by atoms with Crippen LogP contribution in [0.4, 0.5) is 23.5 Å². The molecule has 9 nitrogen and oxygen atoms in total. The Morgan fingerprint density at radius 2 is 1.87 bits per heavy atom. The maximum atomic E-state index is 9.88. The van der Waals surface area contributed by atoms with Crippen LogP contribution in [0.25, 0.3) is 0 Å². The van der Waals surface area contributed by atoms with Gasteiger partial charge in [0, 0.05) is 23.1 Å². The van der Waals surface area contributed by atoms with Gasteiger partial charge in [0.05, 0.1) is 25.1 Å². The normalized spacial score (nSPS) is 14.1. The van der Waals surface area contributed by atoms with Crippen LogP contribution in [0.15, 0.2) is 52.0 Å². The van der Waals surface area contributed by atoms with Crippen LogP contribution in [0, 0.1) is 6.92 Å². The average Bonchev–Trinajstić information content (AvgIpc) is 2.78. The Bertz CT molecular complexity index is 1090. The van der Waals surface area contributed by atoms with Gasteiger partial charge in [-0.15, -0.1) is 0 Å². The molecule has 0 unspecified atom stereocenters. The molecule has 3 N–H and O–H groups in total. The summed E-state index contributed by atoms with van der Waals surface area (Å²) in [4.78, 5) is 15.6. The second-order valence-electron chi connectivity index (χ2n) is 6.92. The number of hydrogen-bond donors (Lipinski definition) is 3. The van der Waals surface area contributed by atoms with Crippen LogP contribution < -0.4 is 15.6 Å². The van der Waals surface area contributed by atoms with E-state index in [1.807, 2.05) is 36.1 Å². The molecule has 2 heterocycles. The highest BCUT2D eigenvalue weighted by molar-refractivity contribution is 9.10. The second kappa shape index (κ2) is 9.71. The van der Waals surface area contributed by atoms with Gasteiger partial charge in [0.1, 0.15) is 5.75 Å². The van der Waals surface area contributed by atoms with Crippen molar-refractivity contribution in [2.75, 3.05) is 41.9 Å². The molecule has 0 saturated carbocycles. The third-order valence-electron chi connectivity index (χ3n) is 4.59. The van der Waals surface area contributed by atoms with Crippen LogP contribution in [-0.4, -0.2) is 52.6 Å². The number of hydrogen-bond acceptors (Lipinski definition) is 9. The minimum atomic E-state index is 0.143. The molecule has 3 aromatic rings. The molecule has 2 aromatic carbocycles. The van der Waals surface area contributed by atoms with Gasteiger partial charge in [-0.1, -0.05) is 18.2 Å². The van der Waals surface area contributed by atoms with Crippen LogP contribution in [-0.2, 0) is 4.74 Å². The molecule has 1 aliphatic rings. The minimum Gasteiger partial charge on any atom is -0.507 e. The Morgan fingerprint density at radius 3 is 2.65 bits per heavy atom. The fraction of sp³-hybridized carbons (Fsp3) is 0.238. The zero-order valence-corrected chi connectivity index (χ0v) is 18.5. The van der Waals surface area contributed by atoms with Crippen LogP contribution in [0.1, 0.15) is 11.1 Å². The highest BCUT2D eigenvalue weighted by Gasteiger charge is 2.17. The molecule has 0 bridgehead atoms. The first-order valence-corrected chi connectivity index (χ1v) is 10.6. The third-order valence-corrected chi connectivity index (χ3v) is 5.25. The van der Waals surface area contributed by atoms with Crippen molar-refractivity contribution >= 4 is 45.7 Å². The zero-order chi connectivity index (χ0) is 21.6. The summed E-state index contributed by atoms with van der Waals surface area (Å²) in [5.74, 6) is 1.35. The Kier molecular flexibility index (Phi) is 6.58. The van der Waals surface area contributed by atoms with E-state index in [1.54, 1.807) is 18.2 Å². The molecular weight excluding hydrogens is 462 g/mol. The van der Waals surface area contributed by atoms with Crippen molar-refractivity contribution in [1.29, 1.82) is 0 Å². The number of nitrogens with zero attached hydrogens (tertiary/aromatic N) is 5. The van der Waals surface area contributed by atoms with E-state index in [-0.39, 0.29) is 11.7 Å². The molecule has 1 saturated heterocycles. The first-order chi connectivity index (χ1) is 15.1. The smallest absolute Gasteiger partial charge is 0.250 e. The minimum absolute atomic E-state index is 0.143. The summed E-state index contributed by atoms with van der Waals surface area (Å²) in [5, 5.41) is 17.3. The van der Waals surface area contributed by atoms with Crippen molar-refractivity contribution in [3.63, 3.8) is 0 Å². The number of rotatable bonds is 6. The van der Waals surface area contributed by atoms with Crippen LogP contribution in [0.5, 0.6) is 5.75 Å². The van der Waals surface area contributed by atoms with Crippen molar-refractivity contribution in [3.8, 4) is 5.75 Å². The van der Waals surface area contributed by atoms with Gasteiger partial charge < -0.3 is 20.1 Å². The lowest BCUT2D eigenvalue weighted by Gasteiger charge is -2.27. The van der Waals surface area contributed by atoms with E-state index < -0.39 is 0 Å². The van der Waals surface area contributed by atoms with Gasteiger partial charge >= 0.3 is 0 Å². The van der Waals surface area contributed by atoms with Crippen molar-refractivity contribution in [1.82, 2.24) is 15.0 Å². The molecule has 0 atom stereocenters. The van der Waals surface area contributed by atoms with E-state index in [4.69, 9.17) is 4.74 Å². The molecule has 0 amide bonds. The van der Waals surface area contributed by atoms with E-state index in [0.29, 0.717) is 43.8 Å². The van der Waals surface area contributed by atoms with Gasteiger partial charge in [0.15, 0.2) is 0 Å². The van der Waals surface area contributed by atoms with Crippen molar-refractivity contribution in [2.45, 2.75) is 6.92 Å². The molecule has 10 heteroatoms. The number of benzene rings is 2. The number of hydrazone groups is 1. The highest BCUT2D eigenvalue weighted by Crippen LogP contribution is 2.26. The lowest BCUT2D eigenvalue weighted by molar-refractivity contribution is 0.122. The standard InChI is InChI=1S/C21H22BrN7O2/c1-14-6-7-17(16(22)12-14)24-19-25-20(27-21(26-19)29-8-10-31-11-9-29)28-23-13-15-4-2-3-5-18(15)30/h2-7,12-13,30H,8-11H2,1H3,(H2,24,25,26,27,28). The third kappa shape index (κ3) is 5.47. The summed E-state index contributed by atoms with van der Waals surface area (Å²) < 4.78 is 6.34. The number of aromatic hydroxyl groups is 1. The Balaban J connectivity index is 1.60. The topological polar surface area (TPSA) is 108 Å². The predicted octanol–water partition coefficient (Wildman–Crippen LogP) is 3.67. The maximum absolute atomic E-state index is 9.88. The van der Waals surface area contributed by atoms with Crippen LogP contribution >= 0.6 is 15.9 Å². The quantitative estimate of drug-likeness (QED) is 0.360. The number of morpholine rings is 1. The number of phenolic OH excluding ortho intramolecular Hbond substituents is 1. The maximum Gasteiger partial charge on any atom is 0.250 e. The number of nitrogens with one attached hydrogen (secondary N) is 2. The second-order valence-corrected chi connectivity index (χ2v) is 7.77. The Labute approximate surface area is 188 Å². The molecule has 0 radical (unpaired) electrons. The molecular formula is C21H22BrN7O2. The lowest BCUT2D eigenvalue weighted by atomic mass is 10.2. The summed E-state index contributed by atoms with van der Waals surface area (Å²) in [6.45, 7) is 4.65. The molecule has 1 fully saturated rings. The van der Waals surface area contributed by atoms with Gasteiger partial charge in [0.2, 0.25) is 17.8 Å². The summed E-state index contributed by atoms with van der Waals surface area (Å²) in [6, 6.07) is 12.9. The molecule has 160 valence electrons. The fourth-order valence-corrected chi connectivity index (χ4v) is 3.57. The highest BCUT2D eigenvalue weighted by atomic mass is 79.9. The molecule has 1 aromatic heterocycles. The summed E-state index contributed by atoms with van der Waals surface area (Å²) in [5.41, 5.74) is 5.40. The van der Waals surface area contributed by atoms with Gasteiger partial charge in [-0.2, -0.15) is 20.1 Å². The number of anilines is 4. The number of aryl methyl sites for hydroxylation is 1. The van der Waals surface area contributed by atoms with Crippen LogP contribution in [0.2, 0.25) is 0 Å². The van der Waals surface area contributed by atoms with E-state index in [2.05, 4.69) is 46.7 Å². The number of para-hydroxylation sites is 1. The first-order valence-electron chi connectivity index (χ1n) is 9.77. The molecule has 31 heavy (non-hydrogen) atoms. The van der Waals surface area contributed by atoms with Gasteiger partial charge in [0.25, 0.3) is 0 Å². The summed E-state index contributed by atoms with van der Waals surface area (Å²) >= 11 is 3.57. The van der Waals surface area contributed by atoms with E-state index in [0.717, 1.165) is 15.7 Å². The predicted molar refractivity (Wildman–Crippen MR) is 124 cm³/mol. The largest absolute Gasteiger partial charge is 0.507 e. The monoisotopic (exact) mass is 483 g/mol. The van der Waals surface area contributed by atoms with Crippen molar-refractivity contribution in [3.05, 3.63) is 58.1 Å². The lowest BCUT2D eigenvalue weighted by Crippen LogP contribution is -2.37. The number of phenols is 1. The van der Waals surface area contributed by atoms with Crippen molar-refractivity contribution < 1.29 is 9.84 Å². The molecule has 0 spiro atoms.